The fraction of sp³-hybridized carbons (Fsp3) is 0.417. The number of benzene rings is 1. The Labute approximate surface area is 109 Å². The van der Waals surface area contributed by atoms with Crippen LogP contribution in [0.1, 0.15) is 24.0 Å². The molecule has 1 heterocycles. The van der Waals surface area contributed by atoms with E-state index in [1.165, 1.54) is 6.07 Å². The summed E-state index contributed by atoms with van der Waals surface area (Å²) in [7, 11) is 0. The van der Waals surface area contributed by atoms with Gasteiger partial charge in [-0.2, -0.15) is 8.78 Å². The molecular weight excluding hydrogens is 284 g/mol. The maximum atomic E-state index is 13.6. The van der Waals surface area contributed by atoms with Gasteiger partial charge in [0, 0.05) is 0 Å². The molecule has 1 aromatic rings. The smallest absolute Gasteiger partial charge is 0.481 e. The van der Waals surface area contributed by atoms with Gasteiger partial charge in [0.05, 0.1) is 11.0 Å². The van der Waals surface area contributed by atoms with Crippen molar-refractivity contribution in [1.29, 1.82) is 0 Å². The molecule has 20 heavy (non-hydrogen) atoms. The zero-order valence-corrected chi connectivity index (χ0v) is 9.83. The van der Waals surface area contributed by atoms with Gasteiger partial charge in [-0.3, -0.25) is 4.79 Å². The Bertz CT molecular complexity index is 595. The van der Waals surface area contributed by atoms with Crippen molar-refractivity contribution in [1.82, 2.24) is 0 Å². The lowest BCUT2D eigenvalue weighted by Gasteiger charge is -2.31. The lowest BCUT2D eigenvalue weighted by Crippen LogP contribution is -2.41. The molecule has 1 aliphatic carbocycles. The number of ether oxygens (including phenoxy) is 2. The Balaban J connectivity index is 2.08. The number of carbonyl (C=O) groups is 1. The summed E-state index contributed by atoms with van der Waals surface area (Å²) in [4.78, 5) is 11.1. The van der Waals surface area contributed by atoms with Crippen molar-refractivity contribution in [2.45, 2.75) is 30.7 Å². The van der Waals surface area contributed by atoms with E-state index < -0.39 is 35.1 Å². The summed E-state index contributed by atoms with van der Waals surface area (Å²) in [5.74, 6) is -1.86. The van der Waals surface area contributed by atoms with Gasteiger partial charge in [-0.25, -0.2) is 4.74 Å². The average Bonchev–Trinajstić information content (AvgIpc) is 3.07. The Morgan fingerprint density at radius 3 is 2.40 bits per heavy atom. The number of aliphatic carboxylic acids is 1. The Kier molecular flexibility index (Phi) is 2.39. The summed E-state index contributed by atoms with van der Waals surface area (Å²) in [5, 5.41) is 9.10. The maximum absolute atomic E-state index is 13.6. The standard InChI is InChI=1S/C12H8F4O4/c13-11(14)7-5-6(10(3-4-10)9(17)18)1-2-8(7)19-12(15,16)20-11/h1-2,5H,3-4H2,(H,17,18). The molecule has 1 aliphatic heterocycles. The van der Waals surface area contributed by atoms with Gasteiger partial charge in [-0.05, 0) is 30.5 Å². The molecule has 4 nitrogen and oxygen atoms in total. The van der Waals surface area contributed by atoms with Crippen LogP contribution in [0.3, 0.4) is 0 Å². The second-order valence-electron chi connectivity index (χ2n) is 4.78. The van der Waals surface area contributed by atoms with Crippen molar-refractivity contribution in [2.75, 3.05) is 0 Å². The number of carboxylic acid groups (broad SMARTS) is 1. The van der Waals surface area contributed by atoms with Gasteiger partial charge in [-0.15, -0.1) is 8.78 Å². The lowest BCUT2D eigenvalue weighted by atomic mass is 9.93. The van der Waals surface area contributed by atoms with Crippen molar-refractivity contribution >= 4 is 5.97 Å². The van der Waals surface area contributed by atoms with Gasteiger partial charge in [0.1, 0.15) is 5.75 Å². The molecule has 2 aliphatic rings. The van der Waals surface area contributed by atoms with Crippen LogP contribution in [0, 0.1) is 0 Å². The monoisotopic (exact) mass is 292 g/mol. The van der Waals surface area contributed by atoms with Crippen molar-refractivity contribution < 1.29 is 36.9 Å². The minimum atomic E-state index is -4.43. The van der Waals surface area contributed by atoms with E-state index in [4.69, 9.17) is 5.11 Å². The molecule has 0 atom stereocenters. The number of hydrogen-bond acceptors (Lipinski definition) is 3. The summed E-state index contributed by atoms with van der Waals surface area (Å²) < 4.78 is 60.1. The molecule has 0 amide bonds. The molecule has 0 radical (unpaired) electrons. The second kappa shape index (κ2) is 3.63. The lowest BCUT2D eigenvalue weighted by molar-refractivity contribution is -0.461. The van der Waals surface area contributed by atoms with Gasteiger partial charge in [-0.1, -0.05) is 6.07 Å². The van der Waals surface area contributed by atoms with Crippen LogP contribution in [0.15, 0.2) is 18.2 Å². The molecule has 0 bridgehead atoms. The van der Waals surface area contributed by atoms with E-state index in [0.29, 0.717) is 12.8 Å². The van der Waals surface area contributed by atoms with Crippen molar-refractivity contribution in [3.63, 3.8) is 0 Å². The van der Waals surface area contributed by atoms with Gasteiger partial charge in [0.2, 0.25) is 0 Å². The van der Waals surface area contributed by atoms with E-state index in [-0.39, 0.29) is 5.56 Å². The number of halogens is 4. The van der Waals surface area contributed by atoms with E-state index in [9.17, 15) is 22.4 Å². The maximum Gasteiger partial charge on any atom is 0.540 e. The van der Waals surface area contributed by atoms with Crippen LogP contribution in [0.5, 0.6) is 5.75 Å². The van der Waals surface area contributed by atoms with Gasteiger partial charge in [0.25, 0.3) is 0 Å². The number of rotatable bonds is 2. The molecule has 3 rings (SSSR count). The van der Waals surface area contributed by atoms with Crippen LogP contribution in [0.25, 0.3) is 0 Å². The summed E-state index contributed by atoms with van der Waals surface area (Å²) >= 11 is 0. The summed E-state index contributed by atoms with van der Waals surface area (Å²) in [6.07, 6.45) is -8.06. The summed E-state index contributed by atoms with van der Waals surface area (Å²) in [6.45, 7) is 0. The minimum absolute atomic E-state index is 0.126. The molecule has 0 aromatic heterocycles. The number of carboxylic acids is 1. The molecule has 0 spiro atoms. The predicted octanol–water partition coefficient (Wildman–Crippen LogP) is 2.81. The summed E-state index contributed by atoms with van der Waals surface area (Å²) in [5.41, 5.74) is -1.99. The first kappa shape index (κ1) is 13.2. The average molecular weight is 292 g/mol. The third kappa shape index (κ3) is 1.82. The molecule has 0 unspecified atom stereocenters. The highest BCUT2D eigenvalue weighted by molar-refractivity contribution is 5.85. The normalized spacial score (nSPS) is 24.4. The second-order valence-corrected chi connectivity index (χ2v) is 4.78. The van der Waals surface area contributed by atoms with Crippen LogP contribution < -0.4 is 4.74 Å². The molecule has 1 saturated carbocycles. The molecule has 1 N–H and O–H groups in total. The fourth-order valence-electron chi connectivity index (χ4n) is 2.25. The van der Waals surface area contributed by atoms with Crippen molar-refractivity contribution in [3.05, 3.63) is 29.3 Å². The minimum Gasteiger partial charge on any atom is -0.481 e. The number of fused-ring (bicyclic) bond motifs is 1. The van der Waals surface area contributed by atoms with Gasteiger partial charge in [0.15, 0.2) is 0 Å². The molecule has 0 saturated heterocycles. The van der Waals surface area contributed by atoms with Crippen molar-refractivity contribution in [3.8, 4) is 5.75 Å². The van der Waals surface area contributed by atoms with E-state index >= 15 is 0 Å². The van der Waals surface area contributed by atoms with E-state index in [2.05, 4.69) is 9.47 Å². The first-order chi connectivity index (χ1) is 9.16. The Hall–Kier alpha value is -1.83. The van der Waals surface area contributed by atoms with Crippen LogP contribution in [-0.4, -0.2) is 17.4 Å². The Morgan fingerprint density at radius 1 is 1.20 bits per heavy atom. The third-order valence-corrected chi connectivity index (χ3v) is 3.48. The topological polar surface area (TPSA) is 55.8 Å². The molecule has 1 fully saturated rings. The zero-order valence-electron chi connectivity index (χ0n) is 9.83. The Morgan fingerprint density at radius 2 is 1.85 bits per heavy atom. The molecule has 8 heteroatoms. The van der Waals surface area contributed by atoms with Crippen LogP contribution >= 0.6 is 0 Å². The summed E-state index contributed by atoms with van der Waals surface area (Å²) in [6, 6.07) is 2.97. The highest BCUT2D eigenvalue weighted by Crippen LogP contribution is 2.52. The number of alkyl halides is 4. The predicted molar refractivity (Wildman–Crippen MR) is 55.5 cm³/mol. The van der Waals surface area contributed by atoms with E-state index in [1.54, 1.807) is 0 Å². The molecular formula is C12H8F4O4. The van der Waals surface area contributed by atoms with E-state index in [0.717, 1.165) is 12.1 Å². The highest BCUT2D eigenvalue weighted by Gasteiger charge is 2.56. The highest BCUT2D eigenvalue weighted by atomic mass is 19.3. The van der Waals surface area contributed by atoms with Crippen LogP contribution in [-0.2, 0) is 21.1 Å². The first-order valence-electron chi connectivity index (χ1n) is 5.70. The quantitative estimate of drug-likeness (QED) is 0.852. The first-order valence-corrected chi connectivity index (χ1v) is 5.70. The third-order valence-electron chi connectivity index (χ3n) is 3.48. The van der Waals surface area contributed by atoms with Gasteiger partial charge >= 0.3 is 18.4 Å². The SMILES string of the molecule is O=C(O)C1(c2ccc3c(c2)C(F)(F)OC(F)(F)O3)CC1. The zero-order chi connectivity index (χ0) is 14.8. The molecule has 1 aromatic carbocycles. The van der Waals surface area contributed by atoms with Crippen LogP contribution in [0.2, 0.25) is 0 Å². The largest absolute Gasteiger partial charge is 0.540 e. The van der Waals surface area contributed by atoms with Gasteiger partial charge < -0.3 is 9.84 Å². The van der Waals surface area contributed by atoms with Crippen LogP contribution in [0.4, 0.5) is 17.6 Å². The van der Waals surface area contributed by atoms with E-state index in [1.807, 2.05) is 0 Å². The fourth-order valence-corrected chi connectivity index (χ4v) is 2.25. The molecule has 108 valence electrons. The van der Waals surface area contributed by atoms with Crippen molar-refractivity contribution in [2.24, 2.45) is 0 Å². The number of hydrogen-bond donors (Lipinski definition) is 1.